The van der Waals surface area contributed by atoms with Crippen molar-refractivity contribution in [1.82, 2.24) is 4.98 Å². The summed E-state index contributed by atoms with van der Waals surface area (Å²) in [6.45, 7) is 0. The number of aromatic nitrogens is 1. The van der Waals surface area contributed by atoms with Crippen LogP contribution >= 0.6 is 11.6 Å². The summed E-state index contributed by atoms with van der Waals surface area (Å²) >= 11 is 5.19. The number of hydrogen-bond donors (Lipinski definition) is 0. The molecule has 1 radical (unpaired) electrons. The van der Waals surface area contributed by atoms with Crippen LogP contribution in [-0.2, 0) is 0 Å². The highest BCUT2D eigenvalue weighted by Crippen LogP contribution is 2.06. The smallest absolute Gasteiger partial charge is 0.168 e. The van der Waals surface area contributed by atoms with Crippen molar-refractivity contribution in [2.45, 2.75) is 0 Å². The van der Waals surface area contributed by atoms with Crippen molar-refractivity contribution in [3.8, 4) is 0 Å². The molecule has 0 fully saturated rings. The first-order valence-electron chi connectivity index (χ1n) is 1.98. The zero-order chi connectivity index (χ0) is 5.98. The molecule has 0 atom stereocenters. The maximum atomic E-state index is 12.1. The van der Waals surface area contributed by atoms with E-state index in [9.17, 15) is 4.39 Å². The first-order valence-corrected chi connectivity index (χ1v) is 2.36. The lowest BCUT2D eigenvalue weighted by Gasteiger charge is -1.85. The Balaban J connectivity index is 3.13. The third-order valence-corrected chi connectivity index (χ3v) is 0.917. The second-order valence-electron chi connectivity index (χ2n) is 1.19. The fraction of sp³-hybridized carbons (Fsp3) is 0. The highest BCUT2D eigenvalue weighted by Gasteiger charge is 1.94. The molecular formula is C5H2ClFN. The maximum absolute atomic E-state index is 12.1. The Hall–Kier alpha value is -0.630. The lowest BCUT2D eigenvalue weighted by atomic mass is 10.5. The van der Waals surface area contributed by atoms with Gasteiger partial charge in [-0.15, -0.1) is 0 Å². The Labute approximate surface area is 51.1 Å². The lowest BCUT2D eigenvalue weighted by molar-refractivity contribution is 0.619. The van der Waals surface area contributed by atoms with Crippen LogP contribution in [0.2, 0.25) is 5.15 Å². The average molecular weight is 131 g/mol. The quantitative estimate of drug-likeness (QED) is 0.487. The van der Waals surface area contributed by atoms with Gasteiger partial charge in [0.05, 0.1) is 0 Å². The predicted octanol–water partition coefficient (Wildman–Crippen LogP) is 1.67. The molecule has 0 saturated heterocycles. The fourth-order valence-corrected chi connectivity index (χ4v) is 0.440. The van der Waals surface area contributed by atoms with Crippen LogP contribution in [0.15, 0.2) is 12.3 Å². The van der Waals surface area contributed by atoms with E-state index in [1.807, 2.05) is 0 Å². The second-order valence-corrected chi connectivity index (χ2v) is 1.55. The molecule has 3 heteroatoms. The van der Waals surface area contributed by atoms with Gasteiger partial charge >= 0.3 is 0 Å². The molecular weight excluding hydrogens is 129 g/mol. The molecule has 1 rings (SSSR count). The molecule has 0 spiro atoms. The Kier molecular flexibility index (Phi) is 1.44. The van der Waals surface area contributed by atoms with E-state index >= 15 is 0 Å². The van der Waals surface area contributed by atoms with Gasteiger partial charge in [0.25, 0.3) is 0 Å². The van der Waals surface area contributed by atoms with Crippen LogP contribution in [-0.4, -0.2) is 4.98 Å². The van der Waals surface area contributed by atoms with Crippen molar-refractivity contribution in [2.75, 3.05) is 0 Å². The summed E-state index contributed by atoms with van der Waals surface area (Å²) in [6, 6.07) is 3.60. The summed E-state index contributed by atoms with van der Waals surface area (Å²) in [5.74, 6) is -0.603. The lowest BCUT2D eigenvalue weighted by Crippen LogP contribution is -1.77. The molecule has 1 nitrogen and oxygen atoms in total. The van der Waals surface area contributed by atoms with Crippen LogP contribution in [0.25, 0.3) is 0 Å². The van der Waals surface area contributed by atoms with Crippen LogP contribution in [0.5, 0.6) is 0 Å². The van der Waals surface area contributed by atoms with E-state index in [1.54, 1.807) is 0 Å². The van der Waals surface area contributed by atoms with Crippen molar-refractivity contribution in [3.05, 3.63) is 29.3 Å². The standard InChI is InChI=1S/C5H2ClFN/c6-5-4(7)2-1-3-8-5/h1,3H. The van der Waals surface area contributed by atoms with E-state index in [-0.39, 0.29) is 5.15 Å². The molecule has 0 saturated carbocycles. The molecule has 0 aromatic carbocycles. The maximum Gasteiger partial charge on any atom is 0.168 e. The van der Waals surface area contributed by atoms with Gasteiger partial charge in [0.1, 0.15) is 0 Å². The molecule has 0 unspecified atom stereocenters. The molecule has 0 aliphatic carbocycles. The van der Waals surface area contributed by atoms with Crippen LogP contribution in [0.1, 0.15) is 0 Å². The van der Waals surface area contributed by atoms with Crippen molar-refractivity contribution >= 4 is 11.6 Å². The van der Waals surface area contributed by atoms with E-state index in [1.165, 1.54) is 12.3 Å². The molecule has 1 aromatic heterocycles. The van der Waals surface area contributed by atoms with Crippen molar-refractivity contribution in [2.24, 2.45) is 0 Å². The van der Waals surface area contributed by atoms with Crippen molar-refractivity contribution in [3.63, 3.8) is 0 Å². The fourth-order valence-electron chi connectivity index (χ4n) is 0.329. The van der Waals surface area contributed by atoms with Gasteiger partial charge in [-0.25, -0.2) is 9.37 Å². The van der Waals surface area contributed by atoms with Gasteiger partial charge in [0, 0.05) is 12.3 Å². The molecule has 8 heavy (non-hydrogen) atoms. The zero-order valence-corrected chi connectivity index (χ0v) is 4.61. The topological polar surface area (TPSA) is 12.9 Å². The number of rotatable bonds is 0. The summed E-state index contributed by atoms with van der Waals surface area (Å²) in [6.07, 6.45) is 1.38. The van der Waals surface area contributed by atoms with Gasteiger partial charge < -0.3 is 0 Å². The van der Waals surface area contributed by atoms with E-state index in [4.69, 9.17) is 11.6 Å². The number of halogens is 2. The Morgan fingerprint density at radius 1 is 1.75 bits per heavy atom. The molecule has 0 aliphatic rings. The molecule has 0 amide bonds. The third kappa shape index (κ3) is 0.954. The van der Waals surface area contributed by atoms with E-state index in [2.05, 4.69) is 11.1 Å². The summed E-state index contributed by atoms with van der Waals surface area (Å²) in [7, 11) is 0. The highest BCUT2D eigenvalue weighted by atomic mass is 35.5. The normalized spacial score (nSPS) is 9.25. The average Bonchev–Trinajstić information content (AvgIpc) is 1.77. The van der Waals surface area contributed by atoms with Gasteiger partial charge in [-0.1, -0.05) is 11.6 Å². The molecule has 0 aliphatic heterocycles. The highest BCUT2D eigenvalue weighted by molar-refractivity contribution is 6.29. The largest absolute Gasteiger partial charge is 0.242 e. The third-order valence-electron chi connectivity index (χ3n) is 0.654. The van der Waals surface area contributed by atoms with Crippen molar-refractivity contribution in [1.29, 1.82) is 0 Å². The van der Waals surface area contributed by atoms with E-state index < -0.39 is 5.82 Å². The van der Waals surface area contributed by atoms with Gasteiger partial charge in [0.2, 0.25) is 0 Å². The minimum absolute atomic E-state index is 0.132. The van der Waals surface area contributed by atoms with Crippen LogP contribution < -0.4 is 0 Å². The molecule has 0 bridgehead atoms. The molecule has 1 aromatic rings. The first-order chi connectivity index (χ1) is 3.80. The van der Waals surface area contributed by atoms with Crippen molar-refractivity contribution < 1.29 is 4.39 Å². The summed E-state index contributed by atoms with van der Waals surface area (Å²) in [5, 5.41) is -0.132. The summed E-state index contributed by atoms with van der Waals surface area (Å²) < 4.78 is 12.1. The molecule has 41 valence electrons. The minimum Gasteiger partial charge on any atom is -0.242 e. The van der Waals surface area contributed by atoms with E-state index in [0.29, 0.717) is 0 Å². The van der Waals surface area contributed by atoms with Gasteiger partial charge in [-0.3, -0.25) is 0 Å². The summed E-state index contributed by atoms with van der Waals surface area (Å²) in [5.41, 5.74) is 0. The van der Waals surface area contributed by atoms with Crippen LogP contribution in [0.3, 0.4) is 0 Å². The second kappa shape index (κ2) is 2.09. The Morgan fingerprint density at radius 3 is 2.88 bits per heavy atom. The van der Waals surface area contributed by atoms with Crippen LogP contribution in [0.4, 0.5) is 4.39 Å². The van der Waals surface area contributed by atoms with Gasteiger partial charge in [0.15, 0.2) is 11.0 Å². The number of pyridine rings is 1. The number of nitrogens with zero attached hydrogens (tertiary/aromatic N) is 1. The zero-order valence-electron chi connectivity index (χ0n) is 3.86. The van der Waals surface area contributed by atoms with E-state index in [0.717, 1.165) is 0 Å². The minimum atomic E-state index is -0.603. The van der Waals surface area contributed by atoms with Gasteiger partial charge in [-0.05, 0) is 6.07 Å². The SMILES string of the molecule is Fc1[c]ccnc1Cl. The monoisotopic (exact) mass is 130 g/mol. The van der Waals surface area contributed by atoms with Gasteiger partial charge in [-0.2, -0.15) is 0 Å². The number of hydrogen-bond acceptors (Lipinski definition) is 1. The first kappa shape index (κ1) is 5.51. The van der Waals surface area contributed by atoms with Crippen LogP contribution in [0, 0.1) is 11.9 Å². The Bertz CT molecular complexity index is 169. The predicted molar refractivity (Wildman–Crippen MR) is 28.0 cm³/mol. The summed E-state index contributed by atoms with van der Waals surface area (Å²) in [4.78, 5) is 3.44. The molecule has 1 heterocycles. The Morgan fingerprint density at radius 2 is 2.50 bits per heavy atom. The molecule has 0 N–H and O–H groups in total.